The quantitative estimate of drug-likeness (QED) is 0.151. The molecule has 0 spiro atoms. The van der Waals surface area contributed by atoms with E-state index < -0.39 is 0 Å². The van der Waals surface area contributed by atoms with E-state index in [9.17, 15) is 0 Å². The van der Waals surface area contributed by atoms with Crippen LogP contribution in [0.5, 0.6) is 0 Å². The Balaban J connectivity index is 1.86. The number of aryl methyl sites for hydroxylation is 1. The first-order valence-corrected chi connectivity index (χ1v) is 10.2. The summed E-state index contributed by atoms with van der Waals surface area (Å²) in [6.07, 6.45) is 6.22. The van der Waals surface area contributed by atoms with Gasteiger partial charge in [0.25, 0.3) is 0 Å². The maximum Gasteiger partial charge on any atom is 0.0397 e. The molecule has 0 saturated carbocycles. The molecule has 5 aromatic carbocycles. The van der Waals surface area contributed by atoms with Gasteiger partial charge in [-0.15, -0.1) is 0 Å². The van der Waals surface area contributed by atoms with Crippen LogP contribution in [0.3, 0.4) is 0 Å². The molecule has 27 heavy (non-hydrogen) atoms. The van der Waals surface area contributed by atoms with Crippen LogP contribution < -0.4 is 5.73 Å². The van der Waals surface area contributed by atoms with Gasteiger partial charge in [0.05, 0.1) is 0 Å². The van der Waals surface area contributed by atoms with Crippen LogP contribution in [0.1, 0.15) is 38.2 Å². The average molecular weight is 351 g/mol. The van der Waals surface area contributed by atoms with Gasteiger partial charge in [0.1, 0.15) is 0 Å². The summed E-state index contributed by atoms with van der Waals surface area (Å²) in [5.74, 6) is 0. The van der Waals surface area contributed by atoms with Crippen LogP contribution in [0, 0.1) is 0 Å². The Labute approximate surface area is 160 Å². The van der Waals surface area contributed by atoms with Crippen molar-refractivity contribution in [1.82, 2.24) is 0 Å². The molecule has 0 aromatic heterocycles. The molecule has 0 heterocycles. The summed E-state index contributed by atoms with van der Waals surface area (Å²) >= 11 is 0. The fraction of sp³-hybridized carbons (Fsp3) is 0.231. The first-order chi connectivity index (χ1) is 13.3. The number of anilines is 1. The van der Waals surface area contributed by atoms with E-state index >= 15 is 0 Å². The van der Waals surface area contributed by atoms with Crippen molar-refractivity contribution in [3.8, 4) is 0 Å². The molecule has 5 aromatic rings. The highest BCUT2D eigenvalue weighted by atomic mass is 14.6. The number of nitrogens with two attached hydrogens (primary N) is 1. The third kappa shape index (κ3) is 2.45. The zero-order valence-corrected chi connectivity index (χ0v) is 15.9. The first-order valence-electron chi connectivity index (χ1n) is 10.2. The molecule has 1 nitrogen and oxygen atoms in total. The second-order valence-corrected chi connectivity index (χ2v) is 7.74. The maximum absolute atomic E-state index is 6.52. The lowest BCUT2D eigenvalue weighted by Crippen LogP contribution is -1.96. The molecule has 1 heteroatoms. The topological polar surface area (TPSA) is 26.0 Å². The summed E-state index contributed by atoms with van der Waals surface area (Å²) < 4.78 is 0. The highest BCUT2D eigenvalue weighted by Crippen LogP contribution is 2.42. The van der Waals surface area contributed by atoms with Gasteiger partial charge < -0.3 is 5.73 Å². The summed E-state index contributed by atoms with van der Waals surface area (Å²) in [4.78, 5) is 0. The van der Waals surface area contributed by atoms with Crippen molar-refractivity contribution in [3.63, 3.8) is 0 Å². The van der Waals surface area contributed by atoms with Crippen LogP contribution in [0.4, 0.5) is 5.69 Å². The number of benzene rings is 5. The van der Waals surface area contributed by atoms with Crippen molar-refractivity contribution in [3.05, 3.63) is 66.2 Å². The van der Waals surface area contributed by atoms with Crippen molar-refractivity contribution in [2.24, 2.45) is 0 Å². The summed E-state index contributed by atoms with van der Waals surface area (Å²) in [7, 11) is 0. The standard InChI is InChI=1S/C26H25N/c1-2-3-4-5-8-18-13-14-21-19-11-6-9-17-10-7-12-20(24(17)19)22-15-16-23(27)25(18)26(21)22/h6-7,9-16H,2-5,8,27H2,1H3. The van der Waals surface area contributed by atoms with Gasteiger partial charge in [-0.1, -0.05) is 80.8 Å². The molecule has 134 valence electrons. The number of hydrogen-bond donors (Lipinski definition) is 1. The van der Waals surface area contributed by atoms with Crippen molar-refractivity contribution >= 4 is 48.8 Å². The summed E-state index contributed by atoms with van der Waals surface area (Å²) in [5.41, 5.74) is 8.83. The molecule has 0 amide bonds. The van der Waals surface area contributed by atoms with E-state index in [0.29, 0.717) is 0 Å². The number of rotatable bonds is 5. The molecule has 0 atom stereocenters. The molecule has 0 fully saturated rings. The summed E-state index contributed by atoms with van der Waals surface area (Å²) in [6, 6.07) is 22.2. The van der Waals surface area contributed by atoms with Crippen molar-refractivity contribution in [1.29, 1.82) is 0 Å². The molecule has 0 aliphatic carbocycles. The molecule has 5 rings (SSSR count). The van der Waals surface area contributed by atoms with E-state index in [-0.39, 0.29) is 0 Å². The smallest absolute Gasteiger partial charge is 0.0397 e. The predicted octanol–water partition coefficient (Wildman–Crippen LogP) is 7.44. The fourth-order valence-electron chi connectivity index (χ4n) is 4.78. The fourth-order valence-corrected chi connectivity index (χ4v) is 4.78. The van der Waals surface area contributed by atoms with Gasteiger partial charge in [0.2, 0.25) is 0 Å². The molecule has 0 bridgehead atoms. The van der Waals surface area contributed by atoms with Crippen LogP contribution in [0.25, 0.3) is 43.1 Å². The molecule has 0 radical (unpaired) electrons. The highest BCUT2D eigenvalue weighted by Gasteiger charge is 2.15. The van der Waals surface area contributed by atoms with Gasteiger partial charge in [0.15, 0.2) is 0 Å². The van der Waals surface area contributed by atoms with Crippen LogP contribution in [0.15, 0.2) is 60.7 Å². The Kier molecular flexibility index (Phi) is 3.89. The molecule has 0 aliphatic heterocycles. The van der Waals surface area contributed by atoms with Gasteiger partial charge >= 0.3 is 0 Å². The highest BCUT2D eigenvalue weighted by molar-refractivity contribution is 6.34. The predicted molar refractivity (Wildman–Crippen MR) is 120 cm³/mol. The van der Waals surface area contributed by atoms with E-state index in [2.05, 4.69) is 67.6 Å². The second kappa shape index (κ2) is 6.42. The Hall–Kier alpha value is -2.80. The molecule has 0 aliphatic rings. The Morgan fingerprint density at radius 3 is 2.00 bits per heavy atom. The Bertz CT molecular complexity index is 1220. The number of hydrogen-bond acceptors (Lipinski definition) is 1. The zero-order chi connectivity index (χ0) is 18.4. The Morgan fingerprint density at radius 1 is 0.630 bits per heavy atom. The molecular weight excluding hydrogens is 326 g/mol. The molecule has 0 saturated heterocycles. The van der Waals surface area contributed by atoms with Crippen LogP contribution in [-0.4, -0.2) is 0 Å². The third-order valence-corrected chi connectivity index (χ3v) is 6.06. The lowest BCUT2D eigenvalue weighted by atomic mass is 9.87. The second-order valence-electron chi connectivity index (χ2n) is 7.74. The normalized spacial score (nSPS) is 12.0. The minimum atomic E-state index is 0.910. The molecular formula is C26H25N. The lowest BCUT2D eigenvalue weighted by molar-refractivity contribution is 0.668. The van der Waals surface area contributed by atoms with Gasteiger partial charge in [-0.3, -0.25) is 0 Å². The van der Waals surface area contributed by atoms with Crippen LogP contribution >= 0.6 is 0 Å². The summed E-state index contributed by atoms with van der Waals surface area (Å²) in [5, 5.41) is 10.6. The van der Waals surface area contributed by atoms with Gasteiger partial charge in [0, 0.05) is 11.1 Å². The van der Waals surface area contributed by atoms with Gasteiger partial charge in [-0.05, 0) is 62.2 Å². The average Bonchev–Trinajstić information content (AvgIpc) is 2.70. The zero-order valence-electron chi connectivity index (χ0n) is 15.9. The SMILES string of the molecule is CCCCCCc1ccc2c3cccc4cccc(c5ccc(N)c1c52)c43. The molecule has 0 unspecified atom stereocenters. The summed E-state index contributed by atoms with van der Waals surface area (Å²) in [6.45, 7) is 2.26. The lowest BCUT2D eigenvalue weighted by Gasteiger charge is -2.17. The molecule has 2 N–H and O–H groups in total. The maximum atomic E-state index is 6.52. The van der Waals surface area contributed by atoms with E-state index in [1.165, 1.54) is 74.3 Å². The van der Waals surface area contributed by atoms with Gasteiger partial charge in [-0.25, -0.2) is 0 Å². The van der Waals surface area contributed by atoms with E-state index in [1.807, 2.05) is 0 Å². The van der Waals surface area contributed by atoms with Crippen molar-refractivity contribution in [2.75, 3.05) is 5.73 Å². The van der Waals surface area contributed by atoms with Crippen LogP contribution in [-0.2, 0) is 6.42 Å². The third-order valence-electron chi connectivity index (χ3n) is 6.06. The monoisotopic (exact) mass is 351 g/mol. The Morgan fingerprint density at radius 2 is 1.30 bits per heavy atom. The number of unbranched alkanes of at least 4 members (excludes halogenated alkanes) is 3. The van der Waals surface area contributed by atoms with E-state index in [0.717, 1.165) is 12.1 Å². The van der Waals surface area contributed by atoms with Crippen molar-refractivity contribution in [2.45, 2.75) is 39.0 Å². The van der Waals surface area contributed by atoms with Crippen molar-refractivity contribution < 1.29 is 0 Å². The van der Waals surface area contributed by atoms with E-state index in [4.69, 9.17) is 5.73 Å². The largest absolute Gasteiger partial charge is 0.398 e. The first kappa shape index (κ1) is 16.4. The number of nitrogen functional groups attached to an aromatic ring is 1. The number of fused-ring (bicyclic) bond motifs is 2. The minimum Gasteiger partial charge on any atom is -0.398 e. The minimum absolute atomic E-state index is 0.910. The van der Waals surface area contributed by atoms with E-state index in [1.54, 1.807) is 0 Å². The van der Waals surface area contributed by atoms with Crippen LogP contribution in [0.2, 0.25) is 0 Å². The van der Waals surface area contributed by atoms with Gasteiger partial charge in [-0.2, -0.15) is 0 Å².